The molecule has 1 amide bonds. The van der Waals surface area contributed by atoms with Crippen LogP contribution in [-0.2, 0) is 20.9 Å². The second-order valence-corrected chi connectivity index (χ2v) is 8.41. The second kappa shape index (κ2) is 8.86. The van der Waals surface area contributed by atoms with Gasteiger partial charge < -0.3 is 18.8 Å². The Morgan fingerprint density at radius 2 is 1.86 bits per heavy atom. The third-order valence-electron chi connectivity index (χ3n) is 4.50. The van der Waals surface area contributed by atoms with Gasteiger partial charge in [0.2, 0.25) is 5.89 Å². The molecule has 2 heterocycles. The van der Waals surface area contributed by atoms with Gasteiger partial charge in [-0.1, -0.05) is 11.6 Å². The monoisotopic (exact) mass is 420 g/mol. The molecule has 1 aromatic heterocycles. The van der Waals surface area contributed by atoms with E-state index in [9.17, 15) is 9.59 Å². The number of piperidine rings is 1. The number of carbonyl (C=O) groups excluding carboxylic acids is 2. The molecule has 1 aliphatic heterocycles. The maximum Gasteiger partial charge on any atom is 0.410 e. The van der Waals surface area contributed by atoms with Crippen molar-refractivity contribution in [2.75, 3.05) is 13.1 Å². The number of likely N-dealkylation sites (tertiary alicyclic amines) is 1. The van der Waals surface area contributed by atoms with Crippen molar-refractivity contribution in [2.45, 2.75) is 45.8 Å². The van der Waals surface area contributed by atoms with Gasteiger partial charge in [0.1, 0.15) is 5.60 Å². The van der Waals surface area contributed by atoms with Crippen LogP contribution in [0.5, 0.6) is 0 Å². The molecule has 1 aliphatic rings. The lowest BCUT2D eigenvalue weighted by molar-refractivity contribution is -0.152. The minimum atomic E-state index is -0.534. The molecule has 1 aromatic carbocycles. The fourth-order valence-electron chi connectivity index (χ4n) is 3.00. The lowest BCUT2D eigenvalue weighted by atomic mass is 9.97. The standard InChI is InChI=1S/C21H25ClN2O5/c1-21(2,3)29-20(26)24-10-8-15(9-11-24)19(25)27-13-18-23-12-17(28-18)14-4-6-16(22)7-5-14/h4-7,12,15H,8-11,13H2,1-3H3. The number of rotatable bonds is 4. The Balaban J connectivity index is 1.46. The zero-order valence-corrected chi connectivity index (χ0v) is 17.6. The summed E-state index contributed by atoms with van der Waals surface area (Å²) in [5.74, 6) is 0.354. The highest BCUT2D eigenvalue weighted by molar-refractivity contribution is 6.30. The van der Waals surface area contributed by atoms with Gasteiger partial charge in [0.25, 0.3) is 0 Å². The first-order chi connectivity index (χ1) is 13.7. The summed E-state index contributed by atoms with van der Waals surface area (Å²) in [5.41, 5.74) is 0.308. The van der Waals surface area contributed by atoms with Crippen LogP contribution in [0.15, 0.2) is 34.9 Å². The van der Waals surface area contributed by atoms with Crippen LogP contribution in [0.1, 0.15) is 39.5 Å². The molecular weight excluding hydrogens is 396 g/mol. The average Bonchev–Trinajstić information content (AvgIpc) is 3.14. The number of amides is 1. The van der Waals surface area contributed by atoms with Gasteiger partial charge in [-0.2, -0.15) is 0 Å². The third-order valence-corrected chi connectivity index (χ3v) is 4.75. The van der Waals surface area contributed by atoms with Gasteiger partial charge in [0, 0.05) is 23.7 Å². The molecule has 0 N–H and O–H groups in total. The SMILES string of the molecule is CC(C)(C)OC(=O)N1CCC(C(=O)OCc2ncc(-c3ccc(Cl)cc3)o2)CC1. The lowest BCUT2D eigenvalue weighted by Crippen LogP contribution is -2.43. The largest absolute Gasteiger partial charge is 0.455 e. The highest BCUT2D eigenvalue weighted by Gasteiger charge is 2.30. The summed E-state index contributed by atoms with van der Waals surface area (Å²) in [7, 11) is 0. The molecule has 8 heteroatoms. The molecule has 156 valence electrons. The van der Waals surface area contributed by atoms with E-state index in [0.717, 1.165) is 5.56 Å². The van der Waals surface area contributed by atoms with E-state index in [1.165, 1.54) is 0 Å². The van der Waals surface area contributed by atoms with E-state index in [2.05, 4.69) is 4.98 Å². The molecule has 3 rings (SSSR count). The van der Waals surface area contributed by atoms with E-state index in [0.29, 0.717) is 42.6 Å². The Morgan fingerprint density at radius 3 is 2.48 bits per heavy atom. The summed E-state index contributed by atoms with van der Waals surface area (Å²) >= 11 is 5.88. The molecule has 1 fully saturated rings. The summed E-state index contributed by atoms with van der Waals surface area (Å²) in [4.78, 5) is 30.2. The van der Waals surface area contributed by atoms with Crippen LogP contribution in [0, 0.1) is 5.92 Å². The van der Waals surface area contributed by atoms with E-state index in [1.807, 2.05) is 32.9 Å². The predicted molar refractivity (Wildman–Crippen MR) is 107 cm³/mol. The normalized spacial score (nSPS) is 15.2. The molecule has 0 atom stereocenters. The molecule has 0 spiro atoms. The fraction of sp³-hybridized carbons (Fsp3) is 0.476. The van der Waals surface area contributed by atoms with Crippen LogP contribution >= 0.6 is 11.6 Å². The lowest BCUT2D eigenvalue weighted by Gasteiger charge is -2.32. The molecule has 0 radical (unpaired) electrons. The van der Waals surface area contributed by atoms with Gasteiger partial charge in [-0.15, -0.1) is 0 Å². The number of hydrogen-bond acceptors (Lipinski definition) is 6. The second-order valence-electron chi connectivity index (χ2n) is 7.97. The molecular formula is C21H25ClN2O5. The number of nitrogens with zero attached hydrogens (tertiary/aromatic N) is 2. The van der Waals surface area contributed by atoms with Crippen LogP contribution in [0.3, 0.4) is 0 Å². The smallest absolute Gasteiger partial charge is 0.410 e. The van der Waals surface area contributed by atoms with Crippen LogP contribution < -0.4 is 0 Å². The molecule has 7 nitrogen and oxygen atoms in total. The number of esters is 1. The van der Waals surface area contributed by atoms with Gasteiger partial charge in [-0.05, 0) is 57.9 Å². The van der Waals surface area contributed by atoms with Gasteiger partial charge >= 0.3 is 12.1 Å². The van der Waals surface area contributed by atoms with E-state index in [1.54, 1.807) is 23.2 Å². The van der Waals surface area contributed by atoms with Crippen molar-refractivity contribution < 1.29 is 23.5 Å². The number of ether oxygens (including phenoxy) is 2. The number of benzene rings is 1. The maximum absolute atomic E-state index is 12.3. The first kappa shape index (κ1) is 21.2. The molecule has 1 saturated heterocycles. The highest BCUT2D eigenvalue weighted by atomic mass is 35.5. The molecule has 2 aromatic rings. The van der Waals surface area contributed by atoms with Gasteiger partial charge in [0.05, 0.1) is 12.1 Å². The summed E-state index contributed by atoms with van der Waals surface area (Å²) < 4.78 is 16.4. The average molecular weight is 421 g/mol. The minimum absolute atomic E-state index is 0.0291. The van der Waals surface area contributed by atoms with Crippen molar-refractivity contribution in [3.05, 3.63) is 41.4 Å². The summed E-state index contributed by atoms with van der Waals surface area (Å²) in [6.45, 7) is 6.39. The van der Waals surface area contributed by atoms with E-state index >= 15 is 0 Å². The zero-order valence-electron chi connectivity index (χ0n) is 16.8. The van der Waals surface area contributed by atoms with Crippen molar-refractivity contribution >= 4 is 23.7 Å². The summed E-state index contributed by atoms with van der Waals surface area (Å²) in [6.07, 6.45) is 2.32. The Morgan fingerprint density at radius 1 is 1.21 bits per heavy atom. The predicted octanol–water partition coefficient (Wildman–Crippen LogP) is 4.69. The third kappa shape index (κ3) is 5.97. The van der Waals surface area contributed by atoms with Crippen LogP contribution in [0.2, 0.25) is 5.02 Å². The number of hydrogen-bond donors (Lipinski definition) is 0. The Labute approximate surface area is 174 Å². The first-order valence-electron chi connectivity index (χ1n) is 9.56. The van der Waals surface area contributed by atoms with E-state index in [4.69, 9.17) is 25.5 Å². The van der Waals surface area contributed by atoms with Gasteiger partial charge in [-0.25, -0.2) is 9.78 Å². The summed E-state index contributed by atoms with van der Waals surface area (Å²) in [5, 5.41) is 0.639. The summed E-state index contributed by atoms with van der Waals surface area (Å²) in [6, 6.07) is 7.19. The van der Waals surface area contributed by atoms with Gasteiger partial charge in [-0.3, -0.25) is 4.79 Å². The Kier molecular flexibility index (Phi) is 6.47. The molecule has 29 heavy (non-hydrogen) atoms. The molecule has 0 saturated carbocycles. The molecule has 0 bridgehead atoms. The Hall–Kier alpha value is -2.54. The molecule has 0 unspecified atom stereocenters. The minimum Gasteiger partial charge on any atom is -0.455 e. The van der Waals surface area contributed by atoms with Crippen molar-refractivity contribution in [3.63, 3.8) is 0 Å². The maximum atomic E-state index is 12.3. The number of oxazole rings is 1. The number of halogens is 1. The van der Waals surface area contributed by atoms with Crippen molar-refractivity contribution in [2.24, 2.45) is 5.92 Å². The number of aromatic nitrogens is 1. The van der Waals surface area contributed by atoms with E-state index in [-0.39, 0.29) is 24.6 Å². The fourth-order valence-corrected chi connectivity index (χ4v) is 3.13. The van der Waals surface area contributed by atoms with E-state index < -0.39 is 5.60 Å². The van der Waals surface area contributed by atoms with Crippen LogP contribution in [0.25, 0.3) is 11.3 Å². The Bertz CT molecular complexity index is 849. The van der Waals surface area contributed by atoms with Gasteiger partial charge in [0.15, 0.2) is 12.4 Å². The van der Waals surface area contributed by atoms with Crippen molar-refractivity contribution in [1.29, 1.82) is 0 Å². The zero-order chi connectivity index (χ0) is 21.0. The number of carbonyl (C=O) groups is 2. The van der Waals surface area contributed by atoms with Crippen LogP contribution in [0.4, 0.5) is 4.79 Å². The van der Waals surface area contributed by atoms with Crippen molar-refractivity contribution in [3.8, 4) is 11.3 Å². The molecule has 0 aliphatic carbocycles. The van der Waals surface area contributed by atoms with Crippen LogP contribution in [-0.4, -0.2) is 40.6 Å². The first-order valence-corrected chi connectivity index (χ1v) is 9.94. The topological polar surface area (TPSA) is 81.9 Å². The van der Waals surface area contributed by atoms with Crippen molar-refractivity contribution in [1.82, 2.24) is 9.88 Å². The highest BCUT2D eigenvalue weighted by Crippen LogP contribution is 2.24. The quantitative estimate of drug-likeness (QED) is 0.667.